The number of likely N-dealkylation sites (tertiary alicyclic amines) is 1. The summed E-state index contributed by atoms with van der Waals surface area (Å²) in [6, 6.07) is 0. The van der Waals surface area contributed by atoms with E-state index in [4.69, 9.17) is 18.9 Å². The topological polar surface area (TPSA) is 63.8 Å². The smallest absolute Gasteiger partial charge is 0.410 e. The molecule has 3 heterocycles. The lowest BCUT2D eigenvalue weighted by molar-refractivity contribution is -0.126. The minimum Gasteiger partial charge on any atom is -0.443 e. The van der Waals surface area contributed by atoms with Crippen molar-refractivity contribution in [1.29, 1.82) is 0 Å². The van der Waals surface area contributed by atoms with Gasteiger partial charge in [0, 0.05) is 20.2 Å². The molecule has 5 unspecified atom stereocenters. The maximum Gasteiger partial charge on any atom is 0.410 e. The quantitative estimate of drug-likeness (QED) is 0.311. The van der Waals surface area contributed by atoms with E-state index in [0.29, 0.717) is 11.7 Å². The van der Waals surface area contributed by atoms with Crippen LogP contribution in [0.5, 0.6) is 0 Å². The van der Waals surface area contributed by atoms with Crippen LogP contribution in [0.3, 0.4) is 0 Å². The van der Waals surface area contributed by atoms with Crippen molar-refractivity contribution in [3.8, 4) is 0 Å². The van der Waals surface area contributed by atoms with Crippen molar-refractivity contribution < 1.29 is 23.7 Å². The molecule has 186 valence electrons. The van der Waals surface area contributed by atoms with Gasteiger partial charge in [-0.1, -0.05) is 44.7 Å². The molecule has 1 amide bonds. The van der Waals surface area contributed by atoms with Gasteiger partial charge in [0.2, 0.25) is 0 Å². The molecular formula is C26H44BNO5. The molecule has 0 aromatic rings. The van der Waals surface area contributed by atoms with E-state index in [9.17, 15) is 4.79 Å². The monoisotopic (exact) mass is 461 g/mol. The van der Waals surface area contributed by atoms with Crippen molar-refractivity contribution in [3.05, 3.63) is 11.6 Å². The summed E-state index contributed by atoms with van der Waals surface area (Å²) in [5.41, 5.74) is 1.04. The molecule has 6 nitrogen and oxygen atoms in total. The van der Waals surface area contributed by atoms with Crippen LogP contribution in [-0.4, -0.2) is 75.2 Å². The van der Waals surface area contributed by atoms with Crippen molar-refractivity contribution >= 4 is 13.9 Å². The predicted octanol–water partition coefficient (Wildman–Crippen LogP) is 3.99. The molecule has 3 aliphatic heterocycles. The number of amides is 1. The number of methoxy groups -OCH3 is 1. The average molecular weight is 461 g/mol. The van der Waals surface area contributed by atoms with Crippen LogP contribution in [0.15, 0.2) is 11.6 Å². The van der Waals surface area contributed by atoms with E-state index in [2.05, 4.69) is 55.5 Å². The predicted molar refractivity (Wildman–Crippen MR) is 131 cm³/mol. The SMILES string of the molecule is BC(C)CC(C)(C)C1CN(C(=O)O[C@@H]2CCC3(CO3)C(C3(C)OC3CC=C(C)C)[C@@H]2OC)C1. The highest BCUT2D eigenvalue weighted by Gasteiger charge is 2.72. The van der Waals surface area contributed by atoms with E-state index >= 15 is 0 Å². The van der Waals surface area contributed by atoms with Gasteiger partial charge in [0.25, 0.3) is 0 Å². The van der Waals surface area contributed by atoms with Crippen molar-refractivity contribution in [2.75, 3.05) is 26.8 Å². The lowest BCUT2D eigenvalue weighted by Crippen LogP contribution is -2.59. The average Bonchev–Trinajstić information content (AvgIpc) is 3.56. The lowest BCUT2D eigenvalue weighted by atomic mass is 9.66. The number of nitrogens with zero attached hydrogens (tertiary/aromatic N) is 1. The summed E-state index contributed by atoms with van der Waals surface area (Å²) in [4.78, 5) is 14.9. The van der Waals surface area contributed by atoms with E-state index in [1.807, 2.05) is 4.90 Å². The maximum atomic E-state index is 13.0. The number of allylic oxidation sites excluding steroid dienone is 1. The van der Waals surface area contributed by atoms with E-state index < -0.39 is 0 Å². The summed E-state index contributed by atoms with van der Waals surface area (Å²) < 4.78 is 24.4. The molecule has 0 aromatic carbocycles. The Morgan fingerprint density at radius 1 is 1.33 bits per heavy atom. The summed E-state index contributed by atoms with van der Waals surface area (Å²) in [5, 5.41) is 0. The summed E-state index contributed by atoms with van der Waals surface area (Å²) in [5.74, 6) is 1.25. The van der Waals surface area contributed by atoms with Crippen molar-refractivity contribution in [1.82, 2.24) is 4.90 Å². The van der Waals surface area contributed by atoms with Gasteiger partial charge in [-0.3, -0.25) is 0 Å². The molecule has 4 fully saturated rings. The van der Waals surface area contributed by atoms with Crippen LogP contribution in [0.1, 0.15) is 67.2 Å². The molecule has 7 atom stereocenters. The molecule has 4 rings (SSSR count). The van der Waals surface area contributed by atoms with Crippen LogP contribution in [-0.2, 0) is 18.9 Å². The first-order valence-corrected chi connectivity index (χ1v) is 12.9. The number of carbonyl (C=O) groups excluding carboxylic acids is 1. The van der Waals surface area contributed by atoms with Gasteiger partial charge < -0.3 is 23.8 Å². The molecule has 1 spiro atoms. The van der Waals surface area contributed by atoms with Crippen LogP contribution in [0.25, 0.3) is 0 Å². The molecule has 7 heteroatoms. The van der Waals surface area contributed by atoms with Gasteiger partial charge in [0.15, 0.2) is 0 Å². The largest absolute Gasteiger partial charge is 0.443 e. The first-order valence-electron chi connectivity index (χ1n) is 12.9. The highest BCUT2D eigenvalue weighted by Crippen LogP contribution is 2.59. The minimum atomic E-state index is -0.309. The fraction of sp³-hybridized carbons (Fsp3) is 0.885. The highest BCUT2D eigenvalue weighted by molar-refractivity contribution is 6.11. The molecule has 0 aromatic heterocycles. The van der Waals surface area contributed by atoms with Crippen LogP contribution in [0.2, 0.25) is 5.82 Å². The third kappa shape index (κ3) is 4.88. The molecule has 0 radical (unpaired) electrons. The Balaban J connectivity index is 1.38. The molecule has 1 saturated carbocycles. The summed E-state index contributed by atoms with van der Waals surface area (Å²) in [6.07, 6.45) is 5.42. The van der Waals surface area contributed by atoms with Gasteiger partial charge in [0.05, 0.1) is 18.6 Å². The normalized spacial score (nSPS) is 39.1. The molecule has 3 saturated heterocycles. The van der Waals surface area contributed by atoms with Crippen LogP contribution in [0.4, 0.5) is 4.79 Å². The molecule has 1 aliphatic carbocycles. The fourth-order valence-electron chi connectivity index (χ4n) is 6.62. The van der Waals surface area contributed by atoms with Gasteiger partial charge in [-0.25, -0.2) is 4.79 Å². The highest BCUT2D eigenvalue weighted by atomic mass is 16.6. The maximum absolute atomic E-state index is 13.0. The second-order valence-electron chi connectivity index (χ2n) is 12.5. The van der Waals surface area contributed by atoms with Crippen LogP contribution >= 0.6 is 0 Å². The minimum absolute atomic E-state index is 0.0613. The fourth-order valence-corrected chi connectivity index (χ4v) is 6.62. The Labute approximate surface area is 201 Å². The number of ether oxygens (including phenoxy) is 4. The molecule has 0 N–H and O–H groups in total. The van der Waals surface area contributed by atoms with Gasteiger partial charge in [0.1, 0.15) is 31.3 Å². The van der Waals surface area contributed by atoms with Crippen LogP contribution < -0.4 is 0 Å². The molecular weight excluding hydrogens is 417 g/mol. The summed E-state index contributed by atoms with van der Waals surface area (Å²) >= 11 is 0. The van der Waals surface area contributed by atoms with Crippen LogP contribution in [0, 0.1) is 17.3 Å². The Morgan fingerprint density at radius 2 is 2.00 bits per heavy atom. The standard InChI is InChI=1S/C26H44BNO5/c1-16(2)8-9-20-25(6,33-20)22-21(30-7)19(10-11-26(22)15-31-26)32-23(29)28-13-18(14-28)24(4,5)12-17(3)27/h8,17-22H,9-15,27H2,1-7H3/t17?,19-,20?,21-,22?,25?,26?/m1/s1. The Bertz CT molecular complexity index is 769. The number of hydrogen-bond acceptors (Lipinski definition) is 5. The van der Waals surface area contributed by atoms with Gasteiger partial charge in [-0.2, -0.15) is 0 Å². The summed E-state index contributed by atoms with van der Waals surface area (Å²) in [7, 11) is 3.99. The number of carbonyl (C=O) groups is 1. The lowest BCUT2D eigenvalue weighted by Gasteiger charge is -2.49. The zero-order chi connectivity index (χ0) is 24.2. The number of hydrogen-bond donors (Lipinski definition) is 0. The van der Waals surface area contributed by atoms with E-state index in [-0.39, 0.29) is 46.9 Å². The van der Waals surface area contributed by atoms with E-state index in [1.165, 1.54) is 12.0 Å². The van der Waals surface area contributed by atoms with Gasteiger partial charge >= 0.3 is 6.09 Å². The molecule has 0 bridgehead atoms. The van der Waals surface area contributed by atoms with E-state index in [0.717, 1.165) is 39.0 Å². The van der Waals surface area contributed by atoms with Gasteiger partial charge in [-0.05, 0) is 51.4 Å². The van der Waals surface area contributed by atoms with Crippen molar-refractivity contribution in [3.63, 3.8) is 0 Å². The third-order valence-electron chi connectivity index (χ3n) is 8.67. The van der Waals surface area contributed by atoms with Crippen molar-refractivity contribution in [2.24, 2.45) is 17.3 Å². The zero-order valence-electron chi connectivity index (χ0n) is 22.0. The van der Waals surface area contributed by atoms with Gasteiger partial charge in [-0.15, -0.1) is 0 Å². The van der Waals surface area contributed by atoms with E-state index in [1.54, 1.807) is 7.11 Å². The third-order valence-corrected chi connectivity index (χ3v) is 8.67. The Morgan fingerprint density at radius 3 is 2.55 bits per heavy atom. The second kappa shape index (κ2) is 8.87. The molecule has 33 heavy (non-hydrogen) atoms. The summed E-state index contributed by atoms with van der Waals surface area (Å²) in [6.45, 7) is 15.6. The zero-order valence-corrected chi connectivity index (χ0v) is 22.0. The Kier molecular flexibility index (Phi) is 6.74. The second-order valence-corrected chi connectivity index (χ2v) is 12.5. The first kappa shape index (κ1) is 25.1. The first-order chi connectivity index (χ1) is 15.4. The molecule has 4 aliphatic rings. The Hall–Kier alpha value is -1.05. The number of epoxide rings is 2. The number of rotatable bonds is 8. The van der Waals surface area contributed by atoms with Crippen molar-refractivity contribution in [2.45, 2.75) is 103 Å².